The van der Waals surface area contributed by atoms with Gasteiger partial charge in [-0.2, -0.15) is 0 Å². The molecule has 0 bridgehead atoms. The van der Waals surface area contributed by atoms with Crippen LogP contribution in [0.4, 0.5) is 15.8 Å². The van der Waals surface area contributed by atoms with Crippen molar-refractivity contribution in [3.8, 4) is 0 Å². The van der Waals surface area contributed by atoms with Crippen LogP contribution in [0.2, 0.25) is 0 Å². The second-order valence-corrected chi connectivity index (χ2v) is 3.54. The Kier molecular flexibility index (Phi) is 1.87. The number of halogens is 1. The van der Waals surface area contributed by atoms with Gasteiger partial charge < -0.3 is 10.6 Å². The molecule has 1 aromatic carbocycles. The van der Waals surface area contributed by atoms with Gasteiger partial charge in [0.05, 0.1) is 5.69 Å². The minimum atomic E-state index is -0.180. The molecular weight excluding hydrogens is 167 g/mol. The summed E-state index contributed by atoms with van der Waals surface area (Å²) in [5.74, 6) is -0.180. The molecule has 0 radical (unpaired) electrons. The van der Waals surface area contributed by atoms with Crippen LogP contribution in [0, 0.1) is 5.82 Å². The van der Waals surface area contributed by atoms with Crippen molar-refractivity contribution >= 4 is 11.4 Å². The molecule has 1 fully saturated rings. The van der Waals surface area contributed by atoms with Crippen molar-refractivity contribution in [2.75, 3.05) is 17.2 Å². The molecule has 2 N–H and O–H groups in total. The lowest BCUT2D eigenvalue weighted by Crippen LogP contribution is -2.46. The van der Waals surface area contributed by atoms with Crippen LogP contribution in [-0.2, 0) is 0 Å². The lowest BCUT2D eigenvalue weighted by atomic mass is 10.0. The highest BCUT2D eigenvalue weighted by Crippen LogP contribution is 2.29. The van der Waals surface area contributed by atoms with Gasteiger partial charge in [-0.1, -0.05) is 0 Å². The Morgan fingerprint density at radius 3 is 2.85 bits per heavy atom. The van der Waals surface area contributed by atoms with E-state index in [1.54, 1.807) is 12.1 Å². The molecule has 0 aromatic heterocycles. The Morgan fingerprint density at radius 1 is 1.54 bits per heavy atom. The van der Waals surface area contributed by atoms with Crippen LogP contribution in [0.15, 0.2) is 18.2 Å². The zero-order valence-corrected chi connectivity index (χ0v) is 7.63. The second-order valence-electron chi connectivity index (χ2n) is 3.54. The highest BCUT2D eigenvalue weighted by atomic mass is 19.1. The van der Waals surface area contributed by atoms with Gasteiger partial charge in [0.15, 0.2) is 0 Å². The Hall–Kier alpha value is -1.25. The normalized spacial score (nSPS) is 21.4. The minimum Gasteiger partial charge on any atom is -0.399 e. The van der Waals surface area contributed by atoms with Crippen LogP contribution < -0.4 is 10.6 Å². The summed E-state index contributed by atoms with van der Waals surface area (Å²) in [4.78, 5) is 2.03. The maximum absolute atomic E-state index is 13.3. The van der Waals surface area contributed by atoms with E-state index in [4.69, 9.17) is 5.73 Å². The van der Waals surface area contributed by atoms with Crippen LogP contribution in [-0.4, -0.2) is 12.6 Å². The van der Waals surface area contributed by atoms with Gasteiger partial charge in [0.25, 0.3) is 0 Å². The van der Waals surface area contributed by atoms with Gasteiger partial charge >= 0.3 is 0 Å². The number of nitrogens with two attached hydrogens (primary N) is 1. The van der Waals surface area contributed by atoms with Crippen molar-refractivity contribution in [3.63, 3.8) is 0 Å². The van der Waals surface area contributed by atoms with E-state index in [1.165, 1.54) is 6.07 Å². The quantitative estimate of drug-likeness (QED) is 0.670. The summed E-state index contributed by atoms with van der Waals surface area (Å²) in [6.45, 7) is 3.02. The van der Waals surface area contributed by atoms with Gasteiger partial charge in [-0.3, -0.25) is 0 Å². The van der Waals surface area contributed by atoms with Crippen LogP contribution in [0.3, 0.4) is 0 Å². The molecular formula is C10H13FN2. The predicted molar refractivity (Wildman–Crippen MR) is 52.2 cm³/mol. The topological polar surface area (TPSA) is 29.3 Å². The zero-order chi connectivity index (χ0) is 9.42. The third-order valence-corrected chi connectivity index (χ3v) is 2.60. The third-order valence-electron chi connectivity index (χ3n) is 2.60. The van der Waals surface area contributed by atoms with Crippen molar-refractivity contribution < 1.29 is 4.39 Å². The van der Waals surface area contributed by atoms with Gasteiger partial charge in [-0.05, 0) is 31.5 Å². The van der Waals surface area contributed by atoms with E-state index in [0.29, 0.717) is 17.4 Å². The van der Waals surface area contributed by atoms with E-state index in [9.17, 15) is 4.39 Å². The van der Waals surface area contributed by atoms with Crippen molar-refractivity contribution in [2.24, 2.45) is 0 Å². The second kappa shape index (κ2) is 2.91. The number of benzene rings is 1. The van der Waals surface area contributed by atoms with E-state index in [0.717, 1.165) is 13.0 Å². The fourth-order valence-electron chi connectivity index (χ4n) is 1.62. The summed E-state index contributed by atoms with van der Waals surface area (Å²) in [7, 11) is 0. The predicted octanol–water partition coefficient (Wildman–Crippen LogP) is 2.01. The van der Waals surface area contributed by atoms with E-state index in [1.807, 2.05) is 4.90 Å². The Labute approximate surface area is 77.2 Å². The molecule has 2 nitrogen and oxygen atoms in total. The average molecular weight is 180 g/mol. The molecule has 70 valence electrons. The van der Waals surface area contributed by atoms with Crippen molar-refractivity contribution in [3.05, 3.63) is 24.0 Å². The molecule has 1 heterocycles. The van der Waals surface area contributed by atoms with E-state index >= 15 is 0 Å². The SMILES string of the molecule is CC1CCN1c1cc(N)ccc1F. The van der Waals surface area contributed by atoms with Crippen molar-refractivity contribution in [1.82, 2.24) is 0 Å². The van der Waals surface area contributed by atoms with Crippen LogP contribution >= 0.6 is 0 Å². The molecule has 1 atom stereocenters. The highest BCUT2D eigenvalue weighted by Gasteiger charge is 2.25. The average Bonchev–Trinajstić information content (AvgIpc) is 2.09. The maximum atomic E-state index is 13.3. The maximum Gasteiger partial charge on any atom is 0.146 e. The van der Waals surface area contributed by atoms with Gasteiger partial charge in [0.2, 0.25) is 0 Å². The van der Waals surface area contributed by atoms with Gasteiger partial charge in [0.1, 0.15) is 5.82 Å². The third kappa shape index (κ3) is 1.34. The standard InChI is InChI=1S/C10H13FN2/c1-7-4-5-13(7)10-6-8(12)2-3-9(10)11/h2-3,6-7H,4-5,12H2,1H3. The number of anilines is 2. The Morgan fingerprint density at radius 2 is 2.31 bits per heavy atom. The Balaban J connectivity index is 2.33. The van der Waals surface area contributed by atoms with Gasteiger partial charge in [-0.25, -0.2) is 4.39 Å². The monoisotopic (exact) mass is 180 g/mol. The summed E-state index contributed by atoms with van der Waals surface area (Å²) < 4.78 is 13.3. The minimum absolute atomic E-state index is 0.180. The zero-order valence-electron chi connectivity index (χ0n) is 7.63. The molecule has 3 heteroatoms. The first-order chi connectivity index (χ1) is 6.18. The summed E-state index contributed by atoms with van der Waals surface area (Å²) >= 11 is 0. The molecule has 0 aliphatic carbocycles. The van der Waals surface area contributed by atoms with Crippen LogP contribution in [0.25, 0.3) is 0 Å². The van der Waals surface area contributed by atoms with Crippen LogP contribution in [0.5, 0.6) is 0 Å². The lowest BCUT2D eigenvalue weighted by Gasteiger charge is -2.40. The number of rotatable bonds is 1. The molecule has 1 aliphatic rings. The lowest BCUT2D eigenvalue weighted by molar-refractivity contribution is 0.469. The number of hydrogen-bond acceptors (Lipinski definition) is 2. The summed E-state index contributed by atoms with van der Waals surface area (Å²) in [6, 6.07) is 5.15. The molecule has 1 unspecified atom stereocenters. The molecule has 0 saturated carbocycles. The summed E-state index contributed by atoms with van der Waals surface area (Å²) in [6.07, 6.45) is 1.13. The largest absolute Gasteiger partial charge is 0.399 e. The highest BCUT2D eigenvalue weighted by molar-refractivity contribution is 5.58. The van der Waals surface area contributed by atoms with Crippen molar-refractivity contribution in [1.29, 1.82) is 0 Å². The van der Waals surface area contributed by atoms with Gasteiger partial charge in [-0.15, -0.1) is 0 Å². The molecule has 1 saturated heterocycles. The fraction of sp³-hybridized carbons (Fsp3) is 0.400. The van der Waals surface area contributed by atoms with E-state index in [2.05, 4.69) is 6.92 Å². The van der Waals surface area contributed by atoms with E-state index < -0.39 is 0 Å². The summed E-state index contributed by atoms with van der Waals surface area (Å²) in [5, 5.41) is 0. The molecule has 13 heavy (non-hydrogen) atoms. The fourth-order valence-corrected chi connectivity index (χ4v) is 1.62. The van der Waals surface area contributed by atoms with Crippen molar-refractivity contribution in [2.45, 2.75) is 19.4 Å². The molecule has 1 aliphatic heterocycles. The van der Waals surface area contributed by atoms with Crippen LogP contribution in [0.1, 0.15) is 13.3 Å². The first-order valence-corrected chi connectivity index (χ1v) is 4.50. The molecule has 0 spiro atoms. The number of hydrogen-bond donors (Lipinski definition) is 1. The molecule has 0 amide bonds. The van der Waals surface area contributed by atoms with E-state index in [-0.39, 0.29) is 5.82 Å². The first kappa shape index (κ1) is 8.35. The first-order valence-electron chi connectivity index (χ1n) is 4.50. The number of nitrogens with zero attached hydrogens (tertiary/aromatic N) is 1. The van der Waals surface area contributed by atoms with Gasteiger partial charge in [0, 0.05) is 18.3 Å². The Bertz CT molecular complexity index is 325. The molecule has 1 aromatic rings. The summed E-state index contributed by atoms with van der Waals surface area (Å²) in [5.41, 5.74) is 6.85. The smallest absolute Gasteiger partial charge is 0.146 e. The molecule has 2 rings (SSSR count). The number of nitrogen functional groups attached to an aromatic ring is 1.